The van der Waals surface area contributed by atoms with Crippen LogP contribution in [0, 0.1) is 0 Å². The largest absolute Gasteiger partial charge is 0.319 e. The first-order chi connectivity index (χ1) is 10.3. The molecular formula is C17H18N4. The summed E-state index contributed by atoms with van der Waals surface area (Å²) in [7, 11) is 0. The van der Waals surface area contributed by atoms with Crippen molar-refractivity contribution in [2.45, 2.75) is 19.4 Å². The summed E-state index contributed by atoms with van der Waals surface area (Å²) in [6.07, 6.45) is 6.38. The van der Waals surface area contributed by atoms with Crippen molar-refractivity contribution in [3.05, 3.63) is 77.9 Å². The highest BCUT2D eigenvalue weighted by Gasteiger charge is 2.17. The minimum absolute atomic E-state index is 0.217. The van der Waals surface area contributed by atoms with Gasteiger partial charge in [0.1, 0.15) is 0 Å². The molecule has 106 valence electrons. The van der Waals surface area contributed by atoms with Crippen molar-refractivity contribution in [1.29, 1.82) is 0 Å². The summed E-state index contributed by atoms with van der Waals surface area (Å²) < 4.78 is 1.89. The maximum Gasteiger partial charge on any atom is 0.0731 e. The standard InChI is InChI=1S/C17H18N4/c1-2-13-12-19-10-8-15(13)17(18)16-9-11-20-21(16)14-6-4-3-5-7-14/h3-12,17H,2,18H2,1H3. The molecule has 3 rings (SSSR count). The summed E-state index contributed by atoms with van der Waals surface area (Å²) in [5.74, 6) is 0. The zero-order valence-corrected chi connectivity index (χ0v) is 12.0. The minimum Gasteiger partial charge on any atom is -0.319 e. The van der Waals surface area contributed by atoms with Gasteiger partial charge in [-0.25, -0.2) is 4.68 Å². The van der Waals surface area contributed by atoms with Gasteiger partial charge < -0.3 is 5.73 Å². The van der Waals surface area contributed by atoms with Crippen molar-refractivity contribution >= 4 is 0 Å². The Morgan fingerprint density at radius 2 is 1.90 bits per heavy atom. The van der Waals surface area contributed by atoms with Gasteiger partial charge in [-0.1, -0.05) is 25.1 Å². The van der Waals surface area contributed by atoms with E-state index in [0.29, 0.717) is 0 Å². The van der Waals surface area contributed by atoms with E-state index >= 15 is 0 Å². The molecule has 4 nitrogen and oxygen atoms in total. The molecule has 4 heteroatoms. The van der Waals surface area contributed by atoms with Crippen LogP contribution in [0.5, 0.6) is 0 Å². The molecule has 0 aliphatic rings. The Bertz CT molecular complexity index is 718. The number of aryl methyl sites for hydroxylation is 1. The topological polar surface area (TPSA) is 56.7 Å². The highest BCUT2D eigenvalue weighted by Crippen LogP contribution is 2.24. The smallest absolute Gasteiger partial charge is 0.0731 e. The summed E-state index contributed by atoms with van der Waals surface area (Å²) in [5.41, 5.74) is 10.7. The highest BCUT2D eigenvalue weighted by molar-refractivity contribution is 5.38. The molecule has 2 aromatic heterocycles. The average Bonchev–Trinajstić information content (AvgIpc) is 3.04. The number of nitrogens with two attached hydrogens (primary N) is 1. The van der Waals surface area contributed by atoms with Crippen molar-refractivity contribution in [3.8, 4) is 5.69 Å². The lowest BCUT2D eigenvalue weighted by molar-refractivity contribution is 0.731. The number of pyridine rings is 1. The van der Waals surface area contributed by atoms with Crippen molar-refractivity contribution in [3.63, 3.8) is 0 Å². The monoisotopic (exact) mass is 278 g/mol. The molecule has 0 aliphatic carbocycles. The van der Waals surface area contributed by atoms with Gasteiger partial charge in [-0.3, -0.25) is 4.98 Å². The van der Waals surface area contributed by atoms with E-state index in [0.717, 1.165) is 23.4 Å². The predicted octanol–water partition coefficient (Wildman–Crippen LogP) is 2.88. The third-order valence-corrected chi connectivity index (χ3v) is 3.65. The lowest BCUT2D eigenvalue weighted by Crippen LogP contribution is -2.18. The van der Waals surface area contributed by atoms with Crippen LogP contribution in [0.3, 0.4) is 0 Å². The Morgan fingerprint density at radius 1 is 1.10 bits per heavy atom. The molecule has 21 heavy (non-hydrogen) atoms. The maximum absolute atomic E-state index is 6.49. The zero-order chi connectivity index (χ0) is 14.7. The summed E-state index contributed by atoms with van der Waals surface area (Å²) in [6.45, 7) is 2.11. The third kappa shape index (κ3) is 2.58. The molecule has 0 radical (unpaired) electrons. The molecule has 1 aromatic carbocycles. The van der Waals surface area contributed by atoms with Crippen LogP contribution >= 0.6 is 0 Å². The van der Waals surface area contributed by atoms with Gasteiger partial charge in [0.2, 0.25) is 0 Å². The molecule has 0 aliphatic heterocycles. The Labute approximate surface area is 124 Å². The van der Waals surface area contributed by atoms with Crippen LogP contribution in [0.15, 0.2) is 61.1 Å². The summed E-state index contributed by atoms with van der Waals surface area (Å²) in [4.78, 5) is 4.18. The SMILES string of the molecule is CCc1cnccc1C(N)c1ccnn1-c1ccccc1. The molecule has 3 aromatic rings. The molecule has 2 N–H and O–H groups in total. The van der Waals surface area contributed by atoms with Crippen LogP contribution < -0.4 is 5.73 Å². The number of hydrogen-bond acceptors (Lipinski definition) is 3. The minimum atomic E-state index is -0.217. The van der Waals surface area contributed by atoms with E-state index < -0.39 is 0 Å². The molecule has 0 fully saturated rings. The fraction of sp³-hybridized carbons (Fsp3) is 0.176. The number of aromatic nitrogens is 3. The average molecular weight is 278 g/mol. The Balaban J connectivity index is 2.04. The Morgan fingerprint density at radius 3 is 2.67 bits per heavy atom. The van der Waals surface area contributed by atoms with E-state index in [1.54, 1.807) is 12.4 Å². The van der Waals surface area contributed by atoms with E-state index in [4.69, 9.17) is 5.73 Å². The Kier molecular flexibility index (Phi) is 3.79. The maximum atomic E-state index is 6.49. The van der Waals surface area contributed by atoms with Gasteiger partial charge in [0.05, 0.1) is 17.4 Å². The first-order valence-electron chi connectivity index (χ1n) is 7.09. The molecule has 0 saturated heterocycles. The summed E-state index contributed by atoms with van der Waals surface area (Å²) >= 11 is 0. The van der Waals surface area contributed by atoms with Gasteiger partial charge in [0, 0.05) is 18.6 Å². The molecule has 1 atom stereocenters. The van der Waals surface area contributed by atoms with Crippen LogP contribution in [0.1, 0.15) is 29.8 Å². The van der Waals surface area contributed by atoms with Gasteiger partial charge in [0.15, 0.2) is 0 Å². The van der Waals surface area contributed by atoms with E-state index in [-0.39, 0.29) is 6.04 Å². The summed E-state index contributed by atoms with van der Waals surface area (Å²) in [6, 6.07) is 13.8. The molecular weight excluding hydrogens is 260 g/mol. The van der Waals surface area contributed by atoms with Crippen LogP contribution in [0.2, 0.25) is 0 Å². The van der Waals surface area contributed by atoms with Crippen molar-refractivity contribution < 1.29 is 0 Å². The second-order valence-corrected chi connectivity index (χ2v) is 4.91. The van der Waals surface area contributed by atoms with E-state index in [2.05, 4.69) is 17.0 Å². The normalized spacial score (nSPS) is 12.3. The predicted molar refractivity (Wildman–Crippen MR) is 83.2 cm³/mol. The molecule has 2 heterocycles. The summed E-state index contributed by atoms with van der Waals surface area (Å²) in [5, 5.41) is 4.41. The molecule has 1 unspecified atom stereocenters. The van der Waals surface area contributed by atoms with E-state index in [1.807, 2.05) is 53.3 Å². The number of para-hydroxylation sites is 1. The number of hydrogen-bond donors (Lipinski definition) is 1. The fourth-order valence-electron chi connectivity index (χ4n) is 2.53. The van der Waals surface area contributed by atoms with Gasteiger partial charge in [0.25, 0.3) is 0 Å². The number of rotatable bonds is 4. The zero-order valence-electron chi connectivity index (χ0n) is 12.0. The number of benzene rings is 1. The molecule has 0 amide bonds. The Hall–Kier alpha value is -2.46. The first kappa shape index (κ1) is 13.5. The molecule has 0 saturated carbocycles. The van der Waals surface area contributed by atoms with Gasteiger partial charge >= 0.3 is 0 Å². The van der Waals surface area contributed by atoms with Gasteiger partial charge in [-0.2, -0.15) is 5.10 Å². The lowest BCUT2D eigenvalue weighted by Gasteiger charge is -2.17. The first-order valence-corrected chi connectivity index (χ1v) is 7.09. The molecule has 0 bridgehead atoms. The van der Waals surface area contributed by atoms with Crippen molar-refractivity contribution in [2.24, 2.45) is 5.73 Å². The lowest BCUT2D eigenvalue weighted by atomic mass is 9.99. The fourth-order valence-corrected chi connectivity index (χ4v) is 2.53. The van der Waals surface area contributed by atoms with Crippen LogP contribution in [-0.2, 0) is 6.42 Å². The van der Waals surface area contributed by atoms with Crippen LogP contribution in [0.25, 0.3) is 5.69 Å². The quantitative estimate of drug-likeness (QED) is 0.798. The molecule has 0 spiro atoms. The highest BCUT2D eigenvalue weighted by atomic mass is 15.3. The number of nitrogens with zero attached hydrogens (tertiary/aromatic N) is 3. The second kappa shape index (κ2) is 5.89. The van der Waals surface area contributed by atoms with Crippen molar-refractivity contribution in [1.82, 2.24) is 14.8 Å². The van der Waals surface area contributed by atoms with E-state index in [1.165, 1.54) is 5.56 Å². The van der Waals surface area contributed by atoms with Crippen molar-refractivity contribution in [2.75, 3.05) is 0 Å². The van der Waals surface area contributed by atoms with Gasteiger partial charge in [-0.05, 0) is 41.8 Å². The van der Waals surface area contributed by atoms with Gasteiger partial charge in [-0.15, -0.1) is 0 Å². The van der Waals surface area contributed by atoms with E-state index in [9.17, 15) is 0 Å². The van der Waals surface area contributed by atoms with Crippen LogP contribution in [-0.4, -0.2) is 14.8 Å². The third-order valence-electron chi connectivity index (χ3n) is 3.65. The second-order valence-electron chi connectivity index (χ2n) is 4.91. The van der Waals surface area contributed by atoms with Crippen LogP contribution in [0.4, 0.5) is 0 Å².